The summed E-state index contributed by atoms with van der Waals surface area (Å²) in [5, 5.41) is 7.06. The van der Waals surface area contributed by atoms with Gasteiger partial charge in [-0.15, -0.1) is 0 Å². The number of rotatable bonds is 6. The van der Waals surface area contributed by atoms with Gasteiger partial charge in [-0.1, -0.05) is 223 Å². The molecule has 0 saturated heterocycles. The Morgan fingerprint density at radius 1 is 0.317 bits per heavy atom. The number of para-hydroxylation sites is 1. The molecule has 14 rings (SSSR count). The monoisotopic (exact) mass is 1060 g/mol. The second kappa shape index (κ2) is 18.2. The lowest BCUT2D eigenvalue weighted by atomic mass is 9.68. The predicted molar refractivity (Wildman–Crippen MR) is 349 cm³/mol. The van der Waals surface area contributed by atoms with Crippen LogP contribution in [0.15, 0.2) is 223 Å². The molecule has 2 aliphatic carbocycles. The largest absolute Gasteiger partial charge is 0.455 e. The van der Waals surface area contributed by atoms with Gasteiger partial charge in [0.25, 0.3) is 0 Å². The highest BCUT2D eigenvalue weighted by molar-refractivity contribution is 6.27. The van der Waals surface area contributed by atoms with Crippen molar-refractivity contribution in [3.05, 3.63) is 263 Å². The van der Waals surface area contributed by atoms with Crippen LogP contribution >= 0.6 is 0 Å². The van der Waals surface area contributed by atoms with Crippen molar-refractivity contribution in [3.63, 3.8) is 0 Å². The maximum Gasteiger partial charge on any atom is 0.144 e. The maximum atomic E-state index is 7.40. The molecule has 1 aromatic heterocycles. The lowest BCUT2D eigenvalue weighted by Gasteiger charge is -2.33. The summed E-state index contributed by atoms with van der Waals surface area (Å²) in [4.78, 5) is 4.87. The van der Waals surface area contributed by atoms with E-state index in [1.165, 1.54) is 88.3 Å². The number of furan rings is 1. The van der Waals surface area contributed by atoms with Gasteiger partial charge in [0.2, 0.25) is 0 Å². The highest BCUT2D eigenvalue weighted by Gasteiger charge is 2.54. The van der Waals surface area contributed by atoms with E-state index in [1.807, 2.05) is 0 Å². The lowest BCUT2D eigenvalue weighted by Crippen LogP contribution is -2.26. The first-order valence-electron chi connectivity index (χ1n) is 29.4. The molecule has 82 heavy (non-hydrogen) atoms. The van der Waals surface area contributed by atoms with Crippen LogP contribution in [0.5, 0.6) is 0 Å². The summed E-state index contributed by atoms with van der Waals surface area (Å²) < 4.78 is 7.40. The normalized spacial score (nSPS) is 13.7. The smallest absolute Gasteiger partial charge is 0.144 e. The number of benzene rings is 11. The van der Waals surface area contributed by atoms with Gasteiger partial charge in [-0.2, -0.15) is 0 Å². The van der Waals surface area contributed by atoms with Gasteiger partial charge in [-0.25, -0.2) is 0 Å². The van der Waals surface area contributed by atoms with E-state index in [1.54, 1.807) is 0 Å². The Hall–Kier alpha value is -8.66. The van der Waals surface area contributed by atoms with Crippen LogP contribution in [-0.4, -0.2) is 0 Å². The Balaban J connectivity index is 1.05. The van der Waals surface area contributed by atoms with Crippen molar-refractivity contribution in [2.75, 3.05) is 9.80 Å². The zero-order valence-corrected chi connectivity index (χ0v) is 49.6. The summed E-state index contributed by atoms with van der Waals surface area (Å²) in [5.74, 6) is 0. The zero-order valence-electron chi connectivity index (χ0n) is 49.6. The first kappa shape index (κ1) is 51.5. The minimum Gasteiger partial charge on any atom is -0.455 e. The molecule has 0 amide bonds. The molecule has 0 unspecified atom stereocenters. The van der Waals surface area contributed by atoms with Crippen LogP contribution in [-0.2, 0) is 27.1 Å². The fourth-order valence-electron chi connectivity index (χ4n) is 13.8. The molecular formula is C79H72N2O. The molecule has 0 saturated carbocycles. The first-order valence-corrected chi connectivity index (χ1v) is 29.4. The Morgan fingerprint density at radius 3 is 1.18 bits per heavy atom. The standard InChI is InChI=1S/C79H72N2O/c1-75(2,3)50-26-34-54(35-27-50)80(55-36-28-51(29-37-55)76(4,5)6)58-42-45-60-49(47-58)25-44-65-71-73(79(72(60)65)67-22-16-13-19-61(67)62-20-14-17-23-68(62)79)63-46-43-59(48-66(63)70-64-21-15-18-24-69(64)82-74(70)71)81(56-38-30-52(31-39-56)77(7,8)9)57-40-32-53(33-41-57)78(10,11)12/h13-48H,1-12H3. The molecule has 11 aromatic carbocycles. The summed E-state index contributed by atoms with van der Waals surface area (Å²) in [6.07, 6.45) is 0. The molecule has 1 spiro atoms. The Morgan fingerprint density at radius 2 is 0.720 bits per heavy atom. The summed E-state index contributed by atoms with van der Waals surface area (Å²) in [7, 11) is 0. The van der Waals surface area contributed by atoms with Crippen molar-refractivity contribution in [1.29, 1.82) is 0 Å². The van der Waals surface area contributed by atoms with Crippen molar-refractivity contribution in [1.82, 2.24) is 0 Å². The molecule has 12 aromatic rings. The molecule has 3 heteroatoms. The van der Waals surface area contributed by atoms with Gasteiger partial charge in [-0.3, -0.25) is 0 Å². The van der Waals surface area contributed by atoms with E-state index in [0.717, 1.165) is 56.1 Å². The minimum atomic E-state index is -0.692. The topological polar surface area (TPSA) is 19.6 Å². The third-order valence-electron chi connectivity index (χ3n) is 18.1. The molecule has 0 N–H and O–H groups in total. The minimum absolute atomic E-state index is 0.0196. The summed E-state index contributed by atoms with van der Waals surface area (Å²) in [5.41, 5.74) is 23.2. The van der Waals surface area contributed by atoms with Gasteiger partial charge >= 0.3 is 0 Å². The molecular weight excluding hydrogens is 993 g/mol. The number of anilines is 6. The summed E-state index contributed by atoms with van der Waals surface area (Å²) in [6, 6.07) is 83.1. The van der Waals surface area contributed by atoms with Gasteiger partial charge in [0.1, 0.15) is 11.2 Å². The fourth-order valence-corrected chi connectivity index (χ4v) is 13.8. The molecule has 3 nitrogen and oxygen atoms in total. The molecule has 0 fully saturated rings. The van der Waals surface area contributed by atoms with Gasteiger partial charge in [0.15, 0.2) is 0 Å². The van der Waals surface area contributed by atoms with Gasteiger partial charge in [0, 0.05) is 50.5 Å². The third kappa shape index (κ3) is 7.90. The highest BCUT2D eigenvalue weighted by atomic mass is 16.3. The predicted octanol–water partition coefficient (Wildman–Crippen LogP) is 22.4. The number of fused-ring (bicyclic) bond motifs is 19. The van der Waals surface area contributed by atoms with Crippen molar-refractivity contribution in [2.24, 2.45) is 0 Å². The van der Waals surface area contributed by atoms with Crippen LogP contribution in [0.1, 0.15) is 128 Å². The molecule has 0 aliphatic heterocycles. The number of hydrogen-bond donors (Lipinski definition) is 0. The zero-order chi connectivity index (χ0) is 56.8. The van der Waals surface area contributed by atoms with Crippen molar-refractivity contribution in [3.8, 4) is 22.3 Å². The molecule has 1 heterocycles. The molecule has 404 valence electrons. The quantitative estimate of drug-likeness (QED) is 0.165. The van der Waals surface area contributed by atoms with Crippen LogP contribution in [0.2, 0.25) is 0 Å². The van der Waals surface area contributed by atoms with Crippen LogP contribution < -0.4 is 9.80 Å². The van der Waals surface area contributed by atoms with Gasteiger partial charge in [-0.05, 0) is 183 Å². The highest BCUT2D eigenvalue weighted by Crippen LogP contribution is 2.67. The van der Waals surface area contributed by atoms with Crippen LogP contribution in [0.4, 0.5) is 34.1 Å². The summed E-state index contributed by atoms with van der Waals surface area (Å²) in [6.45, 7) is 27.4. The Bertz CT molecular complexity index is 4350. The molecule has 0 bridgehead atoms. The third-order valence-corrected chi connectivity index (χ3v) is 18.1. The van der Waals surface area contributed by atoms with E-state index < -0.39 is 5.41 Å². The van der Waals surface area contributed by atoms with Gasteiger partial charge in [0.05, 0.1) is 5.41 Å². The van der Waals surface area contributed by atoms with Crippen molar-refractivity contribution >= 4 is 77.6 Å². The van der Waals surface area contributed by atoms with Crippen LogP contribution in [0.3, 0.4) is 0 Å². The van der Waals surface area contributed by atoms with Crippen molar-refractivity contribution in [2.45, 2.75) is 110 Å². The van der Waals surface area contributed by atoms with Crippen LogP contribution in [0, 0.1) is 0 Å². The van der Waals surface area contributed by atoms with Gasteiger partial charge < -0.3 is 14.2 Å². The lowest BCUT2D eigenvalue weighted by molar-refractivity contribution is 0.590. The second-order valence-corrected chi connectivity index (χ2v) is 27.4. The molecule has 2 aliphatic rings. The Kier molecular flexibility index (Phi) is 11.4. The van der Waals surface area contributed by atoms with E-state index in [2.05, 4.69) is 311 Å². The SMILES string of the molecule is CC(C)(C)c1ccc(N(c2ccc(C(C)(C)C)cc2)c2ccc3c4c(ccc3c2)-c2c(c3ccc(N(c5ccc(C(C)(C)C)cc5)c5ccc(C(C)(C)C)cc5)cc3c3c2oc2ccccc23)C42c3ccccc3-c3ccccc32)cc1. The van der Waals surface area contributed by atoms with E-state index in [4.69, 9.17) is 4.42 Å². The average Bonchev–Trinajstić information content (AvgIpc) is 1.70. The van der Waals surface area contributed by atoms with E-state index in [0.29, 0.717) is 0 Å². The average molecular weight is 1070 g/mol. The molecule has 0 radical (unpaired) electrons. The number of hydrogen-bond acceptors (Lipinski definition) is 3. The van der Waals surface area contributed by atoms with E-state index in [-0.39, 0.29) is 21.7 Å². The van der Waals surface area contributed by atoms with E-state index >= 15 is 0 Å². The fraction of sp³-hybridized carbons (Fsp3) is 0.215. The van der Waals surface area contributed by atoms with Crippen molar-refractivity contribution < 1.29 is 4.42 Å². The van der Waals surface area contributed by atoms with E-state index in [9.17, 15) is 0 Å². The summed E-state index contributed by atoms with van der Waals surface area (Å²) >= 11 is 0. The number of nitrogens with zero attached hydrogens (tertiary/aromatic N) is 2. The Labute approximate surface area is 484 Å². The molecule has 0 atom stereocenters. The first-order chi connectivity index (χ1) is 39.2. The van der Waals surface area contributed by atoms with Crippen LogP contribution in [0.25, 0.3) is 65.7 Å². The maximum absolute atomic E-state index is 7.40. The second-order valence-electron chi connectivity index (χ2n) is 27.4.